The molecule has 3 rings (SSSR count). The van der Waals surface area contributed by atoms with Gasteiger partial charge in [-0.3, -0.25) is 10.2 Å². The van der Waals surface area contributed by atoms with Gasteiger partial charge in [0.25, 0.3) is 5.91 Å². The second-order valence-corrected chi connectivity index (χ2v) is 8.20. The van der Waals surface area contributed by atoms with Gasteiger partial charge >= 0.3 is 0 Å². The Kier molecular flexibility index (Phi) is 6.67. The van der Waals surface area contributed by atoms with Crippen LogP contribution in [0.5, 0.6) is 0 Å². The third-order valence-corrected chi connectivity index (χ3v) is 5.68. The summed E-state index contributed by atoms with van der Waals surface area (Å²) in [6.07, 6.45) is 8.59. The van der Waals surface area contributed by atoms with Crippen molar-refractivity contribution < 1.29 is 4.79 Å². The van der Waals surface area contributed by atoms with E-state index in [0.717, 1.165) is 29.1 Å². The molecule has 0 saturated heterocycles. The van der Waals surface area contributed by atoms with Gasteiger partial charge in [0.15, 0.2) is 5.84 Å². The molecule has 0 aromatic heterocycles. The molecule has 2 heterocycles. The summed E-state index contributed by atoms with van der Waals surface area (Å²) in [5.74, 6) is -0.278. The Labute approximate surface area is 170 Å². The van der Waals surface area contributed by atoms with Crippen LogP contribution in [0.4, 0.5) is 5.69 Å². The largest absolute Gasteiger partial charge is 0.378 e. The number of hydrogen-bond donors (Lipinski definition) is 1. The molecule has 0 saturated carbocycles. The molecule has 6 nitrogen and oxygen atoms in total. The number of nitrogens with one attached hydrogen (secondary N) is 1. The van der Waals surface area contributed by atoms with E-state index in [1.54, 1.807) is 6.08 Å². The summed E-state index contributed by atoms with van der Waals surface area (Å²) in [7, 11) is 3.96. The topological polar surface area (TPSA) is 72.1 Å². The van der Waals surface area contributed by atoms with Gasteiger partial charge < -0.3 is 4.90 Å². The first-order chi connectivity index (χ1) is 13.5. The third kappa shape index (κ3) is 4.70. The molecule has 0 atom stereocenters. The Hall–Kier alpha value is -2.41. The smallest absolute Gasteiger partial charge is 0.283 e. The van der Waals surface area contributed by atoms with Gasteiger partial charge in [-0.2, -0.15) is 15.1 Å². The predicted molar refractivity (Wildman–Crippen MR) is 119 cm³/mol. The Bertz CT molecular complexity index is 839. The van der Waals surface area contributed by atoms with Gasteiger partial charge in [-0.15, -0.1) is 0 Å². The number of anilines is 1. The van der Waals surface area contributed by atoms with Crippen molar-refractivity contribution in [3.63, 3.8) is 0 Å². The van der Waals surface area contributed by atoms with E-state index in [-0.39, 0.29) is 17.3 Å². The summed E-state index contributed by atoms with van der Waals surface area (Å²) in [4.78, 5) is 18.6. The summed E-state index contributed by atoms with van der Waals surface area (Å²) in [5.41, 5.74) is 2.22. The zero-order chi connectivity index (χ0) is 20.1. The van der Waals surface area contributed by atoms with Gasteiger partial charge in [0.05, 0.1) is 5.57 Å². The summed E-state index contributed by atoms with van der Waals surface area (Å²) in [5, 5.41) is 15.9. The van der Waals surface area contributed by atoms with Crippen molar-refractivity contribution in [1.29, 1.82) is 5.41 Å². The number of benzene rings is 1. The highest BCUT2D eigenvalue weighted by Crippen LogP contribution is 2.30. The van der Waals surface area contributed by atoms with E-state index in [1.165, 1.54) is 42.5 Å². The molecular weight excluding hydrogens is 370 g/mol. The Morgan fingerprint density at radius 3 is 2.54 bits per heavy atom. The minimum atomic E-state index is -0.375. The average molecular weight is 398 g/mol. The minimum Gasteiger partial charge on any atom is -0.378 e. The molecule has 0 bridgehead atoms. The molecule has 0 spiro atoms. The zero-order valence-electron chi connectivity index (χ0n) is 16.7. The fourth-order valence-electron chi connectivity index (χ4n) is 3.05. The summed E-state index contributed by atoms with van der Waals surface area (Å²) in [6.45, 7) is 2.21. The molecule has 1 aromatic carbocycles. The lowest BCUT2D eigenvalue weighted by Crippen LogP contribution is -2.35. The van der Waals surface area contributed by atoms with Crippen molar-refractivity contribution >= 4 is 45.5 Å². The van der Waals surface area contributed by atoms with Gasteiger partial charge in [-0.05, 0) is 48.4 Å². The highest BCUT2D eigenvalue weighted by Gasteiger charge is 2.35. The van der Waals surface area contributed by atoms with Crippen molar-refractivity contribution in [3.05, 3.63) is 35.4 Å². The molecule has 0 fully saturated rings. The lowest BCUT2D eigenvalue weighted by molar-refractivity contribution is -0.114. The van der Waals surface area contributed by atoms with Gasteiger partial charge in [-0.25, -0.2) is 0 Å². The Balaban J connectivity index is 1.70. The molecule has 0 unspecified atom stereocenters. The summed E-state index contributed by atoms with van der Waals surface area (Å²) >= 11 is 1.41. The number of nitrogens with zero attached hydrogens (tertiary/aromatic N) is 4. The molecule has 148 valence electrons. The lowest BCUT2D eigenvalue weighted by Gasteiger charge is -2.20. The average Bonchev–Trinajstić information content (AvgIpc) is 3.08. The van der Waals surface area contributed by atoms with Crippen LogP contribution in [0.3, 0.4) is 0 Å². The van der Waals surface area contributed by atoms with Gasteiger partial charge in [-0.1, -0.05) is 44.7 Å². The maximum atomic E-state index is 12.5. The third-order valence-electron chi connectivity index (χ3n) is 4.71. The van der Waals surface area contributed by atoms with Crippen LogP contribution in [-0.4, -0.2) is 41.1 Å². The Morgan fingerprint density at radius 2 is 1.86 bits per heavy atom. The number of fused-ring (bicyclic) bond motifs is 1. The van der Waals surface area contributed by atoms with Crippen LogP contribution in [-0.2, 0) is 4.79 Å². The molecule has 0 aliphatic carbocycles. The fourth-order valence-corrected chi connectivity index (χ4v) is 3.97. The van der Waals surface area contributed by atoms with E-state index in [1.807, 2.05) is 43.3 Å². The van der Waals surface area contributed by atoms with E-state index in [2.05, 4.69) is 17.0 Å². The second-order valence-electron chi connectivity index (χ2n) is 7.16. The van der Waals surface area contributed by atoms with E-state index >= 15 is 0 Å². The SMILES string of the molecule is CCCCCCCC1=NN2C(=N)/C(=C/c3ccc(N(C)C)cc3)C(=O)N=C2S1. The van der Waals surface area contributed by atoms with Crippen LogP contribution >= 0.6 is 11.8 Å². The molecule has 7 heteroatoms. The van der Waals surface area contributed by atoms with E-state index in [0.29, 0.717) is 5.17 Å². The number of unbranched alkanes of at least 4 members (excludes halogenated alkanes) is 4. The van der Waals surface area contributed by atoms with Gasteiger partial charge in [0.1, 0.15) is 5.04 Å². The highest BCUT2D eigenvalue weighted by molar-refractivity contribution is 8.26. The summed E-state index contributed by atoms with van der Waals surface area (Å²) < 4.78 is 0. The first-order valence-corrected chi connectivity index (χ1v) is 10.6. The quantitative estimate of drug-likeness (QED) is 0.508. The highest BCUT2D eigenvalue weighted by atomic mass is 32.2. The molecular formula is C21H27N5OS. The zero-order valence-corrected chi connectivity index (χ0v) is 17.6. The molecule has 2 aliphatic rings. The first kappa shape index (κ1) is 20.3. The standard InChI is InChI=1S/C21H27N5OS/c1-4-5-6-7-8-9-18-24-26-19(22)17(20(27)23-21(26)28-18)14-15-10-12-16(13-11-15)25(2)3/h10-14,22H,4-9H2,1-3H3/b17-14-,22-19?. The summed E-state index contributed by atoms with van der Waals surface area (Å²) in [6, 6.07) is 7.84. The molecule has 28 heavy (non-hydrogen) atoms. The molecule has 1 N–H and O–H groups in total. The number of hydrazone groups is 1. The van der Waals surface area contributed by atoms with Gasteiger partial charge in [0.2, 0.25) is 5.17 Å². The number of carbonyl (C=O) groups excluding carboxylic acids is 1. The molecule has 2 aliphatic heterocycles. The van der Waals surface area contributed by atoms with E-state index < -0.39 is 0 Å². The van der Waals surface area contributed by atoms with Crippen LogP contribution in [0.15, 0.2) is 39.9 Å². The van der Waals surface area contributed by atoms with Crippen molar-refractivity contribution in [2.75, 3.05) is 19.0 Å². The van der Waals surface area contributed by atoms with Crippen molar-refractivity contribution in [2.24, 2.45) is 10.1 Å². The fraction of sp³-hybridized carbons (Fsp3) is 0.429. The van der Waals surface area contributed by atoms with Crippen LogP contribution in [0, 0.1) is 5.41 Å². The minimum absolute atomic E-state index is 0.0974. The number of amidine groups is 2. The van der Waals surface area contributed by atoms with Crippen LogP contribution in [0.1, 0.15) is 51.0 Å². The van der Waals surface area contributed by atoms with Crippen molar-refractivity contribution in [3.8, 4) is 0 Å². The number of aliphatic imine (C=N–C) groups is 1. The maximum absolute atomic E-state index is 12.5. The van der Waals surface area contributed by atoms with Gasteiger partial charge in [0, 0.05) is 19.8 Å². The number of amides is 1. The van der Waals surface area contributed by atoms with Crippen molar-refractivity contribution in [2.45, 2.75) is 45.4 Å². The maximum Gasteiger partial charge on any atom is 0.283 e. The molecule has 1 amide bonds. The van der Waals surface area contributed by atoms with Crippen LogP contribution in [0.2, 0.25) is 0 Å². The lowest BCUT2D eigenvalue weighted by atomic mass is 10.1. The van der Waals surface area contributed by atoms with Crippen LogP contribution < -0.4 is 4.90 Å². The number of rotatable bonds is 8. The van der Waals surface area contributed by atoms with Crippen molar-refractivity contribution in [1.82, 2.24) is 5.01 Å². The van der Waals surface area contributed by atoms with Crippen LogP contribution in [0.25, 0.3) is 6.08 Å². The van der Waals surface area contributed by atoms with E-state index in [4.69, 9.17) is 5.41 Å². The first-order valence-electron chi connectivity index (χ1n) is 9.76. The predicted octanol–water partition coefficient (Wildman–Crippen LogP) is 4.73. The molecule has 0 radical (unpaired) electrons. The second kappa shape index (κ2) is 9.19. The normalized spacial score (nSPS) is 17.7. The monoisotopic (exact) mass is 397 g/mol. The number of thioether (sulfide) groups is 1. The number of hydrogen-bond acceptors (Lipinski definition) is 5. The number of carbonyl (C=O) groups is 1. The van der Waals surface area contributed by atoms with E-state index in [9.17, 15) is 4.79 Å². The molecule has 1 aromatic rings. The Morgan fingerprint density at radius 1 is 1.14 bits per heavy atom.